The predicted octanol–water partition coefficient (Wildman–Crippen LogP) is 2.57. The summed E-state index contributed by atoms with van der Waals surface area (Å²) >= 11 is 0. The summed E-state index contributed by atoms with van der Waals surface area (Å²) in [5, 5.41) is 0. The van der Waals surface area contributed by atoms with E-state index in [4.69, 9.17) is 0 Å². The summed E-state index contributed by atoms with van der Waals surface area (Å²) in [6.07, 6.45) is 6.91. The molecule has 1 nitrogen and oxygen atoms in total. The van der Waals surface area contributed by atoms with Crippen molar-refractivity contribution in [1.82, 2.24) is 0 Å². The Kier molecular flexibility index (Phi) is 2.86. The van der Waals surface area contributed by atoms with Gasteiger partial charge in [-0.2, -0.15) is 0 Å². The van der Waals surface area contributed by atoms with E-state index in [0.29, 0.717) is 17.6 Å². The van der Waals surface area contributed by atoms with Gasteiger partial charge in [0, 0.05) is 6.42 Å². The van der Waals surface area contributed by atoms with E-state index in [1.165, 1.54) is 6.42 Å². The zero-order valence-electron chi connectivity index (χ0n) is 7.34. The number of carbonyl (C=O) groups is 1. The molecule has 11 heavy (non-hydrogen) atoms. The van der Waals surface area contributed by atoms with Gasteiger partial charge in [-0.1, -0.05) is 26.3 Å². The van der Waals surface area contributed by atoms with Crippen LogP contribution in [0.2, 0.25) is 0 Å². The Hall–Kier alpha value is -0.590. The van der Waals surface area contributed by atoms with E-state index in [0.717, 1.165) is 12.8 Å². The molecule has 0 bridgehead atoms. The maximum atomic E-state index is 11.0. The van der Waals surface area contributed by atoms with E-state index in [1.54, 1.807) is 6.08 Å². The molecule has 0 spiro atoms. The Balaban J connectivity index is 2.63. The van der Waals surface area contributed by atoms with Crippen molar-refractivity contribution in [2.45, 2.75) is 33.1 Å². The maximum absolute atomic E-state index is 11.0. The lowest BCUT2D eigenvalue weighted by molar-refractivity contribution is -0.116. The van der Waals surface area contributed by atoms with Gasteiger partial charge in [0.2, 0.25) is 0 Å². The van der Waals surface area contributed by atoms with Crippen LogP contribution in [0.1, 0.15) is 33.1 Å². The number of ketones is 1. The van der Waals surface area contributed by atoms with Crippen LogP contribution in [0.5, 0.6) is 0 Å². The van der Waals surface area contributed by atoms with Gasteiger partial charge in [-0.3, -0.25) is 4.79 Å². The lowest BCUT2D eigenvalue weighted by atomic mass is 9.80. The van der Waals surface area contributed by atoms with Crippen LogP contribution in [0.25, 0.3) is 0 Å². The summed E-state index contributed by atoms with van der Waals surface area (Å²) in [6, 6.07) is 0. The van der Waals surface area contributed by atoms with Crippen molar-refractivity contribution in [3.05, 3.63) is 12.2 Å². The second-order valence-corrected chi connectivity index (χ2v) is 3.27. The normalized spacial score (nSPS) is 30.9. The molecule has 0 aromatic rings. The molecule has 2 atom stereocenters. The SMILES string of the molecule is CCC1C=CC(=O)CC1CC. The van der Waals surface area contributed by atoms with Crippen LogP contribution in [-0.2, 0) is 4.79 Å². The topological polar surface area (TPSA) is 17.1 Å². The van der Waals surface area contributed by atoms with Gasteiger partial charge in [-0.15, -0.1) is 0 Å². The van der Waals surface area contributed by atoms with Gasteiger partial charge in [0.25, 0.3) is 0 Å². The van der Waals surface area contributed by atoms with Gasteiger partial charge >= 0.3 is 0 Å². The van der Waals surface area contributed by atoms with Crippen LogP contribution in [-0.4, -0.2) is 5.78 Å². The van der Waals surface area contributed by atoms with Gasteiger partial charge < -0.3 is 0 Å². The van der Waals surface area contributed by atoms with Crippen molar-refractivity contribution >= 4 is 5.78 Å². The van der Waals surface area contributed by atoms with E-state index in [2.05, 4.69) is 19.9 Å². The van der Waals surface area contributed by atoms with Crippen LogP contribution in [0.3, 0.4) is 0 Å². The third-order valence-corrected chi connectivity index (χ3v) is 2.59. The number of rotatable bonds is 2. The number of carbonyl (C=O) groups excluding carboxylic acids is 1. The molecule has 1 aliphatic carbocycles. The van der Waals surface area contributed by atoms with Crippen LogP contribution in [0, 0.1) is 11.8 Å². The zero-order chi connectivity index (χ0) is 8.27. The highest BCUT2D eigenvalue weighted by Gasteiger charge is 2.21. The number of hydrogen-bond acceptors (Lipinski definition) is 1. The molecule has 0 amide bonds. The minimum Gasteiger partial charge on any atom is -0.295 e. The molecule has 0 N–H and O–H groups in total. The van der Waals surface area contributed by atoms with E-state index in [9.17, 15) is 4.79 Å². The van der Waals surface area contributed by atoms with Crippen LogP contribution in [0.4, 0.5) is 0 Å². The molecular weight excluding hydrogens is 136 g/mol. The maximum Gasteiger partial charge on any atom is 0.155 e. The Morgan fingerprint density at radius 3 is 2.73 bits per heavy atom. The molecule has 2 unspecified atom stereocenters. The Morgan fingerprint density at radius 1 is 1.45 bits per heavy atom. The highest BCUT2D eigenvalue weighted by atomic mass is 16.1. The van der Waals surface area contributed by atoms with E-state index < -0.39 is 0 Å². The van der Waals surface area contributed by atoms with E-state index in [1.807, 2.05) is 0 Å². The molecule has 0 aromatic heterocycles. The quantitative estimate of drug-likeness (QED) is 0.594. The first-order chi connectivity index (χ1) is 5.27. The summed E-state index contributed by atoms with van der Waals surface area (Å²) in [4.78, 5) is 11.0. The lowest BCUT2D eigenvalue weighted by Gasteiger charge is -2.24. The molecule has 1 heteroatoms. The monoisotopic (exact) mass is 152 g/mol. The fraction of sp³-hybridized carbons (Fsp3) is 0.700. The highest BCUT2D eigenvalue weighted by Crippen LogP contribution is 2.27. The molecule has 1 rings (SSSR count). The predicted molar refractivity (Wildman–Crippen MR) is 46.3 cm³/mol. The smallest absolute Gasteiger partial charge is 0.155 e. The van der Waals surface area contributed by atoms with E-state index >= 15 is 0 Å². The van der Waals surface area contributed by atoms with Crippen molar-refractivity contribution in [3.8, 4) is 0 Å². The molecule has 0 radical (unpaired) electrons. The molecule has 0 aliphatic heterocycles. The molecule has 62 valence electrons. The molecule has 0 saturated carbocycles. The second-order valence-electron chi connectivity index (χ2n) is 3.27. The molecule has 0 heterocycles. The third kappa shape index (κ3) is 1.92. The largest absolute Gasteiger partial charge is 0.295 e. The molecule has 1 aliphatic rings. The van der Waals surface area contributed by atoms with Crippen molar-refractivity contribution in [2.24, 2.45) is 11.8 Å². The third-order valence-electron chi connectivity index (χ3n) is 2.59. The van der Waals surface area contributed by atoms with Crippen molar-refractivity contribution in [1.29, 1.82) is 0 Å². The van der Waals surface area contributed by atoms with Crippen LogP contribution >= 0.6 is 0 Å². The van der Waals surface area contributed by atoms with Gasteiger partial charge in [0.1, 0.15) is 0 Å². The summed E-state index contributed by atoms with van der Waals surface area (Å²) < 4.78 is 0. The summed E-state index contributed by atoms with van der Waals surface area (Å²) in [5.74, 6) is 1.57. The lowest BCUT2D eigenvalue weighted by Crippen LogP contribution is -2.19. The number of hydrogen-bond donors (Lipinski definition) is 0. The van der Waals surface area contributed by atoms with Gasteiger partial charge in [0.05, 0.1) is 0 Å². The average Bonchev–Trinajstić information content (AvgIpc) is 2.04. The zero-order valence-corrected chi connectivity index (χ0v) is 7.34. The van der Waals surface area contributed by atoms with Gasteiger partial charge in [-0.25, -0.2) is 0 Å². The second kappa shape index (κ2) is 3.70. The van der Waals surface area contributed by atoms with Gasteiger partial charge in [0.15, 0.2) is 5.78 Å². The summed E-state index contributed by atoms with van der Waals surface area (Å²) in [5.41, 5.74) is 0. The standard InChI is InChI=1S/C10H16O/c1-3-8-5-6-10(11)7-9(8)4-2/h5-6,8-9H,3-4,7H2,1-2H3. The van der Waals surface area contributed by atoms with Gasteiger partial charge in [-0.05, 0) is 24.3 Å². The molecule has 0 saturated heterocycles. The first kappa shape index (κ1) is 8.51. The summed E-state index contributed by atoms with van der Waals surface area (Å²) in [6.45, 7) is 4.35. The Morgan fingerprint density at radius 2 is 2.18 bits per heavy atom. The first-order valence-corrected chi connectivity index (χ1v) is 4.49. The fourth-order valence-corrected chi connectivity index (χ4v) is 1.78. The van der Waals surface area contributed by atoms with Crippen LogP contribution < -0.4 is 0 Å². The van der Waals surface area contributed by atoms with E-state index in [-0.39, 0.29) is 0 Å². The molecular formula is C10H16O. The highest BCUT2D eigenvalue weighted by molar-refractivity contribution is 5.90. The Labute approximate surface area is 68.5 Å². The molecule has 0 fully saturated rings. The fourth-order valence-electron chi connectivity index (χ4n) is 1.78. The van der Waals surface area contributed by atoms with Crippen molar-refractivity contribution < 1.29 is 4.79 Å². The minimum absolute atomic E-state index is 0.307. The molecule has 0 aromatic carbocycles. The number of allylic oxidation sites excluding steroid dienone is 2. The first-order valence-electron chi connectivity index (χ1n) is 4.49. The Bertz CT molecular complexity index is 170. The minimum atomic E-state index is 0.307. The summed E-state index contributed by atoms with van der Waals surface area (Å²) in [7, 11) is 0. The average molecular weight is 152 g/mol. The van der Waals surface area contributed by atoms with Crippen molar-refractivity contribution in [2.75, 3.05) is 0 Å². The van der Waals surface area contributed by atoms with Crippen LogP contribution in [0.15, 0.2) is 12.2 Å². The van der Waals surface area contributed by atoms with Crippen molar-refractivity contribution in [3.63, 3.8) is 0 Å².